The maximum atomic E-state index is 13.1. The second-order valence-corrected chi connectivity index (χ2v) is 4.21. The van der Waals surface area contributed by atoms with Gasteiger partial charge in [0.1, 0.15) is 18.2 Å². The summed E-state index contributed by atoms with van der Waals surface area (Å²) in [5, 5.41) is 8.88. The molecule has 0 aliphatic carbocycles. The average Bonchev–Trinajstić information content (AvgIpc) is 2.40. The number of carboxylic acids is 1. The third kappa shape index (κ3) is 3.31. The topological polar surface area (TPSA) is 46.5 Å². The van der Waals surface area contributed by atoms with E-state index in [1.54, 1.807) is 37.3 Å². The van der Waals surface area contributed by atoms with Gasteiger partial charge in [-0.25, -0.2) is 9.18 Å². The van der Waals surface area contributed by atoms with Gasteiger partial charge in [-0.05, 0) is 48.4 Å². The Morgan fingerprint density at radius 1 is 1.26 bits per heavy atom. The number of carbonyl (C=O) groups is 1. The highest BCUT2D eigenvalue weighted by molar-refractivity contribution is 5.87. The van der Waals surface area contributed by atoms with Crippen LogP contribution in [0.3, 0.4) is 0 Å². The van der Waals surface area contributed by atoms with Crippen LogP contribution in [-0.4, -0.2) is 11.1 Å². The zero-order valence-corrected chi connectivity index (χ0v) is 10.4. The van der Waals surface area contributed by atoms with Crippen molar-refractivity contribution in [3.8, 4) is 5.75 Å². The molecule has 0 aliphatic heterocycles. The lowest BCUT2D eigenvalue weighted by Crippen LogP contribution is -2.00. The molecule has 2 aromatic rings. The summed E-state index contributed by atoms with van der Waals surface area (Å²) in [7, 11) is 0. The van der Waals surface area contributed by atoms with Crippen LogP contribution in [0.2, 0.25) is 0 Å². The quantitative estimate of drug-likeness (QED) is 0.916. The minimum atomic E-state index is -0.973. The molecule has 98 valence electrons. The van der Waals surface area contributed by atoms with Gasteiger partial charge in [-0.3, -0.25) is 0 Å². The number of rotatable bonds is 4. The van der Waals surface area contributed by atoms with Crippen molar-refractivity contribution in [3.63, 3.8) is 0 Å². The molecule has 2 aromatic carbocycles. The highest BCUT2D eigenvalue weighted by atomic mass is 19.1. The van der Waals surface area contributed by atoms with E-state index in [0.717, 1.165) is 5.56 Å². The molecule has 0 fully saturated rings. The molecular formula is C15H13FO3. The molecule has 4 heteroatoms. The average molecular weight is 260 g/mol. The normalized spacial score (nSPS) is 10.2. The van der Waals surface area contributed by atoms with Gasteiger partial charge in [-0.15, -0.1) is 0 Å². The Morgan fingerprint density at radius 3 is 2.74 bits per heavy atom. The maximum absolute atomic E-state index is 13.1. The van der Waals surface area contributed by atoms with Gasteiger partial charge in [0.05, 0.1) is 5.56 Å². The van der Waals surface area contributed by atoms with Crippen molar-refractivity contribution in [1.29, 1.82) is 0 Å². The summed E-state index contributed by atoms with van der Waals surface area (Å²) in [6.45, 7) is 1.90. The van der Waals surface area contributed by atoms with Crippen LogP contribution in [0.5, 0.6) is 5.75 Å². The highest BCUT2D eigenvalue weighted by Gasteiger charge is 2.04. The van der Waals surface area contributed by atoms with E-state index in [9.17, 15) is 9.18 Å². The molecule has 0 saturated carbocycles. The monoisotopic (exact) mass is 260 g/mol. The fraction of sp³-hybridized carbons (Fsp3) is 0.133. The van der Waals surface area contributed by atoms with E-state index in [0.29, 0.717) is 11.3 Å². The third-order valence-corrected chi connectivity index (χ3v) is 2.71. The van der Waals surface area contributed by atoms with Crippen LogP contribution in [-0.2, 0) is 6.61 Å². The predicted octanol–water partition coefficient (Wildman–Crippen LogP) is 3.41. The van der Waals surface area contributed by atoms with Gasteiger partial charge < -0.3 is 9.84 Å². The number of carboxylic acid groups (broad SMARTS) is 1. The first-order chi connectivity index (χ1) is 9.06. The van der Waals surface area contributed by atoms with Crippen molar-refractivity contribution in [3.05, 3.63) is 65.0 Å². The lowest BCUT2D eigenvalue weighted by molar-refractivity contribution is 0.0696. The molecule has 1 N–H and O–H groups in total. The molecule has 0 radical (unpaired) electrons. The Labute approximate surface area is 110 Å². The fourth-order valence-electron chi connectivity index (χ4n) is 1.67. The lowest BCUT2D eigenvalue weighted by atomic mass is 10.1. The van der Waals surface area contributed by atoms with Crippen LogP contribution in [0.15, 0.2) is 42.5 Å². The van der Waals surface area contributed by atoms with Crippen molar-refractivity contribution in [2.45, 2.75) is 13.5 Å². The summed E-state index contributed by atoms with van der Waals surface area (Å²) >= 11 is 0. The Kier molecular flexibility index (Phi) is 3.80. The van der Waals surface area contributed by atoms with Crippen molar-refractivity contribution in [2.24, 2.45) is 0 Å². The molecule has 2 rings (SSSR count). The standard InChI is InChI=1S/C15H13FO3/c1-10-7-13(5-6-14(10)16)19-9-11-3-2-4-12(8-11)15(17)18/h2-8H,9H2,1H3,(H,17,18). The Bertz CT molecular complexity index is 608. The Balaban J connectivity index is 2.07. The second kappa shape index (κ2) is 5.52. The van der Waals surface area contributed by atoms with Gasteiger partial charge in [0.25, 0.3) is 0 Å². The number of halogens is 1. The summed E-state index contributed by atoms with van der Waals surface area (Å²) in [4.78, 5) is 10.8. The van der Waals surface area contributed by atoms with Gasteiger partial charge in [0.2, 0.25) is 0 Å². The molecule has 0 atom stereocenters. The van der Waals surface area contributed by atoms with Crippen molar-refractivity contribution in [2.75, 3.05) is 0 Å². The molecule has 0 bridgehead atoms. The zero-order valence-electron chi connectivity index (χ0n) is 10.4. The van der Waals surface area contributed by atoms with Gasteiger partial charge >= 0.3 is 5.97 Å². The zero-order chi connectivity index (χ0) is 13.8. The van der Waals surface area contributed by atoms with Crippen LogP contribution < -0.4 is 4.74 Å². The number of aromatic carboxylic acids is 1. The molecule has 0 aromatic heterocycles. The Morgan fingerprint density at radius 2 is 2.05 bits per heavy atom. The smallest absolute Gasteiger partial charge is 0.335 e. The highest BCUT2D eigenvalue weighted by Crippen LogP contribution is 2.17. The number of hydrogen-bond donors (Lipinski definition) is 1. The van der Waals surface area contributed by atoms with Crippen molar-refractivity contribution in [1.82, 2.24) is 0 Å². The largest absolute Gasteiger partial charge is 0.489 e. The number of hydrogen-bond acceptors (Lipinski definition) is 2. The molecule has 19 heavy (non-hydrogen) atoms. The molecule has 0 aliphatic rings. The minimum Gasteiger partial charge on any atom is -0.489 e. The predicted molar refractivity (Wildman–Crippen MR) is 68.9 cm³/mol. The first-order valence-corrected chi connectivity index (χ1v) is 5.77. The number of aryl methyl sites for hydroxylation is 1. The van der Waals surface area contributed by atoms with E-state index in [1.165, 1.54) is 12.1 Å². The molecule has 0 spiro atoms. The fourth-order valence-corrected chi connectivity index (χ4v) is 1.67. The summed E-state index contributed by atoms with van der Waals surface area (Å²) in [6, 6.07) is 11.0. The minimum absolute atomic E-state index is 0.219. The number of benzene rings is 2. The Hall–Kier alpha value is -2.36. The molecule has 0 heterocycles. The first-order valence-electron chi connectivity index (χ1n) is 5.77. The second-order valence-electron chi connectivity index (χ2n) is 4.21. The van der Waals surface area contributed by atoms with E-state index in [4.69, 9.17) is 9.84 Å². The van der Waals surface area contributed by atoms with Gasteiger partial charge in [0, 0.05) is 0 Å². The molecule has 0 saturated heterocycles. The summed E-state index contributed by atoms with van der Waals surface area (Å²) in [5.41, 5.74) is 1.48. The summed E-state index contributed by atoms with van der Waals surface area (Å²) in [5.74, 6) is -0.695. The molecule has 3 nitrogen and oxygen atoms in total. The van der Waals surface area contributed by atoms with Crippen LogP contribution in [0.1, 0.15) is 21.5 Å². The van der Waals surface area contributed by atoms with Crippen LogP contribution in [0, 0.1) is 12.7 Å². The van der Waals surface area contributed by atoms with Gasteiger partial charge in [0.15, 0.2) is 0 Å². The van der Waals surface area contributed by atoms with Crippen LogP contribution in [0.25, 0.3) is 0 Å². The third-order valence-electron chi connectivity index (χ3n) is 2.71. The lowest BCUT2D eigenvalue weighted by Gasteiger charge is -2.08. The van der Waals surface area contributed by atoms with Crippen LogP contribution in [0.4, 0.5) is 4.39 Å². The van der Waals surface area contributed by atoms with Gasteiger partial charge in [-0.1, -0.05) is 12.1 Å². The van der Waals surface area contributed by atoms with Crippen molar-refractivity contribution >= 4 is 5.97 Å². The SMILES string of the molecule is Cc1cc(OCc2cccc(C(=O)O)c2)ccc1F. The number of ether oxygens (including phenoxy) is 1. The van der Waals surface area contributed by atoms with E-state index >= 15 is 0 Å². The maximum Gasteiger partial charge on any atom is 0.335 e. The van der Waals surface area contributed by atoms with Crippen molar-refractivity contribution < 1.29 is 19.0 Å². The molecule has 0 unspecified atom stereocenters. The molecule has 0 amide bonds. The van der Waals surface area contributed by atoms with E-state index in [1.807, 2.05) is 0 Å². The first kappa shape index (κ1) is 13.1. The van der Waals surface area contributed by atoms with E-state index in [-0.39, 0.29) is 18.0 Å². The van der Waals surface area contributed by atoms with Crippen LogP contribution >= 0.6 is 0 Å². The van der Waals surface area contributed by atoms with E-state index < -0.39 is 5.97 Å². The van der Waals surface area contributed by atoms with E-state index in [2.05, 4.69) is 0 Å². The van der Waals surface area contributed by atoms with Gasteiger partial charge in [-0.2, -0.15) is 0 Å². The molecular weight excluding hydrogens is 247 g/mol. The summed E-state index contributed by atoms with van der Waals surface area (Å²) in [6.07, 6.45) is 0. The summed E-state index contributed by atoms with van der Waals surface area (Å²) < 4.78 is 18.6.